The topological polar surface area (TPSA) is 89.5 Å². The highest BCUT2D eigenvalue weighted by atomic mass is 19.1. The van der Waals surface area contributed by atoms with Crippen molar-refractivity contribution in [1.29, 1.82) is 0 Å². The van der Waals surface area contributed by atoms with Crippen molar-refractivity contribution < 1.29 is 22.5 Å². The number of nitro benzene ring substituents is 2. The first-order valence-electron chi connectivity index (χ1n) is 7.14. The fourth-order valence-electron chi connectivity index (χ4n) is 1.20. The molecule has 0 atom stereocenters. The van der Waals surface area contributed by atoms with Crippen LogP contribution in [-0.4, -0.2) is 28.7 Å². The molecule has 17 heavy (non-hydrogen) atoms. The Hall–Kier alpha value is -2.09. The summed E-state index contributed by atoms with van der Waals surface area (Å²) in [7, 11) is 0. The second kappa shape index (κ2) is 4.83. The van der Waals surface area contributed by atoms with Gasteiger partial charge in [-0.2, -0.15) is 4.39 Å². The minimum atomic E-state index is -3.14. The van der Waals surface area contributed by atoms with Gasteiger partial charge in [0.25, 0.3) is 5.69 Å². The van der Waals surface area contributed by atoms with Crippen molar-refractivity contribution in [3.05, 3.63) is 43.7 Å². The summed E-state index contributed by atoms with van der Waals surface area (Å²) in [5.41, 5.74) is -2.73. The van der Waals surface area contributed by atoms with E-state index in [1.807, 2.05) is 0 Å². The number of nitrogens with zero attached hydrogens (tertiary/aromatic N) is 3. The van der Waals surface area contributed by atoms with Crippen LogP contribution >= 0.6 is 0 Å². The summed E-state index contributed by atoms with van der Waals surface area (Å²) < 4.78 is 56.6. The third-order valence-corrected chi connectivity index (χ3v) is 1.87. The SMILES string of the molecule is [2H]C([2H])([2H])N(Cc1cc(F)c([N+](=O)[O-])cc1[N+](=O)[O-])C([2H])([2H])[2H]. The Balaban J connectivity index is 3.44. The van der Waals surface area contributed by atoms with E-state index in [9.17, 15) is 24.6 Å². The molecule has 0 fully saturated rings. The Labute approximate surface area is 104 Å². The lowest BCUT2D eigenvalue weighted by Gasteiger charge is -2.09. The Morgan fingerprint density at radius 1 is 1.29 bits per heavy atom. The van der Waals surface area contributed by atoms with E-state index in [1.165, 1.54) is 0 Å². The monoisotopic (exact) mass is 249 g/mol. The summed E-state index contributed by atoms with van der Waals surface area (Å²) in [4.78, 5) is 19.3. The molecule has 1 rings (SSSR count). The molecule has 0 aliphatic rings. The number of hydrogen-bond donors (Lipinski definition) is 0. The Bertz CT molecular complexity index is 633. The van der Waals surface area contributed by atoms with Gasteiger partial charge in [-0.3, -0.25) is 20.2 Å². The molecule has 0 saturated heterocycles. The van der Waals surface area contributed by atoms with Gasteiger partial charge in [0, 0.05) is 20.3 Å². The van der Waals surface area contributed by atoms with Crippen LogP contribution in [0, 0.1) is 26.0 Å². The maximum atomic E-state index is 13.6. The van der Waals surface area contributed by atoms with Crippen molar-refractivity contribution >= 4 is 11.4 Å². The van der Waals surface area contributed by atoms with E-state index >= 15 is 0 Å². The van der Waals surface area contributed by atoms with Crippen LogP contribution in [0.25, 0.3) is 0 Å². The minimum absolute atomic E-state index is 0.0202. The number of nitro groups is 2. The van der Waals surface area contributed by atoms with Crippen molar-refractivity contribution in [2.24, 2.45) is 0 Å². The fourth-order valence-corrected chi connectivity index (χ4v) is 1.20. The molecule has 0 radical (unpaired) electrons. The van der Waals surface area contributed by atoms with Gasteiger partial charge in [0.05, 0.1) is 15.9 Å². The van der Waals surface area contributed by atoms with Gasteiger partial charge < -0.3 is 4.90 Å². The van der Waals surface area contributed by atoms with Crippen LogP contribution in [-0.2, 0) is 6.54 Å². The smallest absolute Gasteiger partial charge is 0.305 e. The molecule has 0 aromatic heterocycles. The highest BCUT2D eigenvalue weighted by Gasteiger charge is 2.24. The maximum Gasteiger partial charge on any atom is 0.311 e. The van der Waals surface area contributed by atoms with E-state index in [0.29, 0.717) is 12.1 Å². The van der Waals surface area contributed by atoms with Crippen LogP contribution in [0.15, 0.2) is 12.1 Å². The van der Waals surface area contributed by atoms with Crippen molar-refractivity contribution in [3.8, 4) is 0 Å². The summed E-state index contributed by atoms with van der Waals surface area (Å²) in [5, 5.41) is 21.6. The van der Waals surface area contributed by atoms with Gasteiger partial charge in [-0.25, -0.2) is 0 Å². The number of rotatable bonds is 4. The van der Waals surface area contributed by atoms with Crippen LogP contribution in [0.4, 0.5) is 15.8 Å². The van der Waals surface area contributed by atoms with Gasteiger partial charge in [-0.05, 0) is 20.0 Å². The lowest BCUT2D eigenvalue weighted by Crippen LogP contribution is -2.13. The zero-order chi connectivity index (χ0) is 18.2. The first-order chi connectivity index (χ1) is 10.2. The molecule has 7 nitrogen and oxygen atoms in total. The van der Waals surface area contributed by atoms with Gasteiger partial charge in [-0.1, -0.05) is 0 Å². The maximum absolute atomic E-state index is 13.6. The van der Waals surface area contributed by atoms with Gasteiger partial charge >= 0.3 is 5.69 Å². The number of benzene rings is 1. The molecule has 1 aromatic rings. The molecule has 0 heterocycles. The fraction of sp³-hybridized carbons (Fsp3) is 0.333. The van der Waals surface area contributed by atoms with Gasteiger partial charge in [0.2, 0.25) is 5.82 Å². The summed E-state index contributed by atoms with van der Waals surface area (Å²) in [6.45, 7) is -7.30. The van der Waals surface area contributed by atoms with E-state index < -0.39 is 53.1 Å². The lowest BCUT2D eigenvalue weighted by molar-refractivity contribution is -0.396. The van der Waals surface area contributed by atoms with Gasteiger partial charge in [-0.15, -0.1) is 0 Å². The zero-order valence-electron chi connectivity index (χ0n) is 14.2. The second-order valence-electron chi connectivity index (χ2n) is 3.03. The van der Waals surface area contributed by atoms with Gasteiger partial charge in [0.1, 0.15) is 0 Å². The molecule has 0 bridgehead atoms. The van der Waals surface area contributed by atoms with Crippen LogP contribution < -0.4 is 0 Å². The minimum Gasteiger partial charge on any atom is -0.305 e. The van der Waals surface area contributed by atoms with E-state index in [4.69, 9.17) is 8.22 Å². The third-order valence-electron chi connectivity index (χ3n) is 1.87. The van der Waals surface area contributed by atoms with Crippen LogP contribution in [0.1, 0.15) is 13.8 Å². The molecule has 0 amide bonds. The average Bonchev–Trinajstić information content (AvgIpc) is 2.32. The molecule has 0 spiro atoms. The standard InChI is InChI=1S/C9H10FN3O4/c1-11(2)5-6-3-7(10)9(13(16)17)4-8(6)12(14)15/h3-4H,5H2,1-2H3/i1D3,2D3. The predicted octanol–water partition coefficient (Wildman–Crippen LogP) is 1.70. The zero-order valence-corrected chi connectivity index (χ0v) is 8.21. The molecule has 8 heteroatoms. The summed E-state index contributed by atoms with van der Waals surface area (Å²) >= 11 is 0. The molecule has 92 valence electrons. The highest BCUT2D eigenvalue weighted by molar-refractivity contribution is 5.50. The molecule has 1 aromatic carbocycles. The lowest BCUT2D eigenvalue weighted by atomic mass is 10.1. The van der Waals surface area contributed by atoms with Crippen LogP contribution in [0.5, 0.6) is 0 Å². The molecule has 0 unspecified atom stereocenters. The second-order valence-corrected chi connectivity index (χ2v) is 3.03. The predicted molar refractivity (Wildman–Crippen MR) is 57.1 cm³/mol. The Kier molecular flexibility index (Phi) is 1.87. The largest absolute Gasteiger partial charge is 0.311 e. The average molecular weight is 249 g/mol. The number of halogens is 1. The Morgan fingerprint density at radius 2 is 1.88 bits per heavy atom. The van der Waals surface area contributed by atoms with E-state index in [-0.39, 0.29) is 4.90 Å². The highest BCUT2D eigenvalue weighted by Crippen LogP contribution is 2.28. The molecule has 0 aliphatic heterocycles. The first kappa shape index (κ1) is 6.60. The van der Waals surface area contributed by atoms with Crippen molar-refractivity contribution in [2.45, 2.75) is 6.54 Å². The molecular weight excluding hydrogens is 233 g/mol. The quantitative estimate of drug-likeness (QED) is 0.598. The first-order valence-corrected chi connectivity index (χ1v) is 4.14. The van der Waals surface area contributed by atoms with Gasteiger partial charge in [0.15, 0.2) is 0 Å². The van der Waals surface area contributed by atoms with Crippen molar-refractivity contribution in [2.75, 3.05) is 14.0 Å². The summed E-state index contributed by atoms with van der Waals surface area (Å²) in [6, 6.07) is 0.711. The molecule has 0 saturated carbocycles. The van der Waals surface area contributed by atoms with E-state index in [0.717, 1.165) is 0 Å². The Morgan fingerprint density at radius 3 is 2.35 bits per heavy atom. The van der Waals surface area contributed by atoms with Crippen molar-refractivity contribution in [3.63, 3.8) is 0 Å². The molecule has 0 aliphatic carbocycles. The van der Waals surface area contributed by atoms with Crippen LogP contribution in [0.3, 0.4) is 0 Å². The summed E-state index contributed by atoms with van der Waals surface area (Å²) in [5.74, 6) is -1.44. The normalized spacial score (nSPS) is 17.3. The number of hydrogen-bond acceptors (Lipinski definition) is 5. The molecule has 0 N–H and O–H groups in total. The van der Waals surface area contributed by atoms with E-state index in [2.05, 4.69) is 0 Å². The van der Waals surface area contributed by atoms with Crippen molar-refractivity contribution in [1.82, 2.24) is 4.90 Å². The van der Waals surface area contributed by atoms with Crippen LogP contribution in [0.2, 0.25) is 0 Å². The van der Waals surface area contributed by atoms with E-state index in [1.54, 1.807) is 0 Å². The summed E-state index contributed by atoms with van der Waals surface area (Å²) in [6.07, 6.45) is 0. The molecular formula is C9H10FN3O4. The third kappa shape index (κ3) is 2.94.